The summed E-state index contributed by atoms with van der Waals surface area (Å²) in [6.07, 6.45) is -0.181. The van der Waals surface area contributed by atoms with Gasteiger partial charge in [0.2, 0.25) is 0 Å². The van der Waals surface area contributed by atoms with Crippen LogP contribution >= 0.6 is 0 Å². The lowest BCUT2D eigenvalue weighted by Crippen LogP contribution is -2.29. The molecule has 7 nitrogen and oxygen atoms in total. The van der Waals surface area contributed by atoms with Crippen LogP contribution in [0.3, 0.4) is 0 Å². The highest BCUT2D eigenvalue weighted by Crippen LogP contribution is 2.21. The number of hydrogen-bond donors (Lipinski definition) is 3. The highest BCUT2D eigenvalue weighted by molar-refractivity contribution is 5.69. The predicted molar refractivity (Wildman–Crippen MR) is 55.2 cm³/mol. The molecule has 15 heavy (non-hydrogen) atoms. The lowest BCUT2D eigenvalue weighted by atomic mass is 10.5. The number of hydrogen-bond acceptors (Lipinski definition) is 5. The quantitative estimate of drug-likeness (QED) is 0.578. The molecule has 1 atom stereocenters. The summed E-state index contributed by atoms with van der Waals surface area (Å²) >= 11 is 0. The standard InChI is InChI=1S/C8H12N4O3/c1-12-6-5(7(13)11-8(12)14)9-4(10-6)3-15-2/h4,9-10H,3H2,1-2H3,(H,11,13,14). The molecule has 1 aliphatic rings. The minimum atomic E-state index is -0.439. The Balaban J connectivity index is 2.46. The van der Waals surface area contributed by atoms with Gasteiger partial charge in [0.15, 0.2) is 0 Å². The average Bonchev–Trinajstić information content (AvgIpc) is 2.60. The summed E-state index contributed by atoms with van der Waals surface area (Å²) in [7, 11) is 3.15. The number of nitrogens with zero attached hydrogens (tertiary/aromatic N) is 1. The first kappa shape index (κ1) is 9.78. The third-order valence-electron chi connectivity index (χ3n) is 2.29. The summed E-state index contributed by atoms with van der Waals surface area (Å²) in [6, 6.07) is 0. The van der Waals surface area contributed by atoms with E-state index in [-0.39, 0.29) is 6.17 Å². The van der Waals surface area contributed by atoms with Crippen LogP contribution in [0.5, 0.6) is 0 Å². The number of nitrogens with one attached hydrogen (secondary N) is 3. The van der Waals surface area contributed by atoms with Crippen molar-refractivity contribution in [1.82, 2.24) is 9.55 Å². The molecule has 0 bridgehead atoms. The number of fused-ring (bicyclic) bond motifs is 1. The zero-order chi connectivity index (χ0) is 11.0. The fourth-order valence-electron chi connectivity index (χ4n) is 1.55. The van der Waals surface area contributed by atoms with Crippen molar-refractivity contribution >= 4 is 11.5 Å². The van der Waals surface area contributed by atoms with E-state index < -0.39 is 11.2 Å². The number of H-pyrrole nitrogens is 1. The van der Waals surface area contributed by atoms with Gasteiger partial charge in [-0.05, 0) is 0 Å². The molecule has 1 aromatic heterocycles. The van der Waals surface area contributed by atoms with E-state index in [2.05, 4.69) is 15.6 Å². The van der Waals surface area contributed by atoms with Crippen LogP contribution in [-0.4, -0.2) is 29.4 Å². The molecule has 0 radical (unpaired) electrons. The fraction of sp³-hybridized carbons (Fsp3) is 0.500. The molecule has 1 unspecified atom stereocenters. The van der Waals surface area contributed by atoms with Crippen molar-refractivity contribution in [3.05, 3.63) is 20.8 Å². The Morgan fingerprint density at radius 1 is 1.40 bits per heavy atom. The molecule has 0 fully saturated rings. The topological polar surface area (TPSA) is 88.2 Å². The van der Waals surface area contributed by atoms with Crippen LogP contribution in [0.1, 0.15) is 0 Å². The molecule has 1 aliphatic heterocycles. The smallest absolute Gasteiger partial charge is 0.329 e. The molecule has 3 N–H and O–H groups in total. The third kappa shape index (κ3) is 1.50. The van der Waals surface area contributed by atoms with Gasteiger partial charge in [-0.3, -0.25) is 14.3 Å². The number of aromatic nitrogens is 2. The number of rotatable bonds is 2. The third-order valence-corrected chi connectivity index (χ3v) is 2.29. The Bertz CT molecular complexity index is 490. The number of aromatic amines is 1. The van der Waals surface area contributed by atoms with Crippen LogP contribution in [0.15, 0.2) is 9.59 Å². The van der Waals surface area contributed by atoms with E-state index in [1.807, 2.05) is 0 Å². The van der Waals surface area contributed by atoms with Crippen molar-refractivity contribution in [2.75, 3.05) is 24.4 Å². The van der Waals surface area contributed by atoms with Crippen molar-refractivity contribution < 1.29 is 4.74 Å². The fourth-order valence-corrected chi connectivity index (χ4v) is 1.55. The highest BCUT2D eigenvalue weighted by atomic mass is 16.5. The van der Waals surface area contributed by atoms with Gasteiger partial charge in [0.05, 0.1) is 6.61 Å². The maximum atomic E-state index is 11.4. The highest BCUT2D eigenvalue weighted by Gasteiger charge is 2.24. The van der Waals surface area contributed by atoms with Crippen LogP contribution in [0.4, 0.5) is 11.5 Å². The van der Waals surface area contributed by atoms with E-state index in [1.165, 1.54) is 4.57 Å². The van der Waals surface area contributed by atoms with Gasteiger partial charge in [0.25, 0.3) is 5.56 Å². The molecule has 82 valence electrons. The van der Waals surface area contributed by atoms with Crippen LogP contribution in [0, 0.1) is 0 Å². The van der Waals surface area contributed by atoms with Crippen LogP contribution in [0.25, 0.3) is 0 Å². The summed E-state index contributed by atoms with van der Waals surface area (Å²) in [5, 5.41) is 5.92. The SMILES string of the molecule is COCC1Nc2c(n(C)c(=O)[nH]c2=O)N1. The van der Waals surface area contributed by atoms with Gasteiger partial charge >= 0.3 is 5.69 Å². The summed E-state index contributed by atoms with van der Waals surface area (Å²) in [4.78, 5) is 24.9. The first-order chi connectivity index (χ1) is 7.13. The van der Waals surface area contributed by atoms with Crippen LogP contribution in [0.2, 0.25) is 0 Å². The second-order valence-electron chi connectivity index (χ2n) is 3.34. The maximum Gasteiger partial charge on any atom is 0.329 e. The van der Waals surface area contributed by atoms with E-state index in [0.717, 1.165) is 0 Å². The van der Waals surface area contributed by atoms with Gasteiger partial charge in [-0.2, -0.15) is 0 Å². The van der Waals surface area contributed by atoms with Crippen molar-refractivity contribution in [3.63, 3.8) is 0 Å². The molecule has 2 heterocycles. The molecule has 7 heteroatoms. The van der Waals surface area contributed by atoms with Gasteiger partial charge in [-0.25, -0.2) is 4.79 Å². The minimum absolute atomic E-state index is 0.181. The van der Waals surface area contributed by atoms with E-state index in [1.54, 1.807) is 14.2 Å². The largest absolute Gasteiger partial charge is 0.381 e. The van der Waals surface area contributed by atoms with Crippen molar-refractivity contribution in [1.29, 1.82) is 0 Å². The predicted octanol–water partition coefficient (Wildman–Crippen LogP) is -1.12. The van der Waals surface area contributed by atoms with E-state index in [9.17, 15) is 9.59 Å². The van der Waals surface area contributed by atoms with Crippen molar-refractivity contribution in [2.24, 2.45) is 7.05 Å². The zero-order valence-electron chi connectivity index (χ0n) is 8.46. The summed E-state index contributed by atoms with van der Waals surface area (Å²) in [5.74, 6) is 0.491. The van der Waals surface area contributed by atoms with Gasteiger partial charge in [-0.1, -0.05) is 0 Å². The van der Waals surface area contributed by atoms with Gasteiger partial charge in [0, 0.05) is 14.2 Å². The first-order valence-electron chi connectivity index (χ1n) is 4.49. The van der Waals surface area contributed by atoms with E-state index in [4.69, 9.17) is 4.74 Å². The van der Waals surface area contributed by atoms with E-state index in [0.29, 0.717) is 18.1 Å². The molecule has 0 saturated heterocycles. The molecular weight excluding hydrogens is 200 g/mol. The Labute approximate surface area is 85.1 Å². The van der Waals surface area contributed by atoms with Gasteiger partial charge in [-0.15, -0.1) is 0 Å². The Morgan fingerprint density at radius 2 is 2.13 bits per heavy atom. The second kappa shape index (κ2) is 3.43. The van der Waals surface area contributed by atoms with Gasteiger partial charge in [0.1, 0.15) is 17.7 Å². The van der Waals surface area contributed by atoms with Gasteiger partial charge < -0.3 is 15.4 Å². The summed E-state index contributed by atoms with van der Waals surface area (Å²) in [5.41, 5.74) is -0.482. The lowest BCUT2D eigenvalue weighted by Gasteiger charge is -2.09. The average molecular weight is 212 g/mol. The Hall–Kier alpha value is -1.76. The number of methoxy groups -OCH3 is 1. The minimum Gasteiger partial charge on any atom is -0.381 e. The molecule has 0 saturated carbocycles. The van der Waals surface area contributed by atoms with Crippen molar-refractivity contribution in [3.8, 4) is 0 Å². The zero-order valence-corrected chi connectivity index (χ0v) is 8.46. The van der Waals surface area contributed by atoms with Crippen LogP contribution in [-0.2, 0) is 11.8 Å². The van der Waals surface area contributed by atoms with Crippen LogP contribution < -0.4 is 21.9 Å². The van der Waals surface area contributed by atoms with E-state index >= 15 is 0 Å². The van der Waals surface area contributed by atoms with Crippen molar-refractivity contribution in [2.45, 2.75) is 6.17 Å². The second-order valence-corrected chi connectivity index (χ2v) is 3.34. The monoisotopic (exact) mass is 212 g/mol. The number of anilines is 2. The molecule has 0 aliphatic carbocycles. The molecule has 0 aromatic carbocycles. The Kier molecular flexibility index (Phi) is 2.24. The number of ether oxygens (including phenoxy) is 1. The summed E-state index contributed by atoms with van der Waals surface area (Å²) in [6.45, 7) is 0.405. The first-order valence-corrected chi connectivity index (χ1v) is 4.49. The molecular formula is C8H12N4O3. The summed E-state index contributed by atoms with van der Waals surface area (Å²) < 4.78 is 6.29. The normalized spacial score (nSPS) is 18.1. The molecule has 2 rings (SSSR count). The molecule has 1 aromatic rings. The Morgan fingerprint density at radius 3 is 2.80 bits per heavy atom. The molecule has 0 amide bonds. The lowest BCUT2D eigenvalue weighted by molar-refractivity contribution is 0.193. The molecule has 0 spiro atoms. The maximum absolute atomic E-state index is 11.4.